The van der Waals surface area contributed by atoms with E-state index in [1.807, 2.05) is 18.2 Å². The number of aromatic nitrogens is 2. The van der Waals surface area contributed by atoms with Crippen LogP contribution in [-0.2, 0) is 6.54 Å². The van der Waals surface area contributed by atoms with Gasteiger partial charge in [0.25, 0.3) is 0 Å². The number of hydrogen-bond acceptors (Lipinski definition) is 3. The molecule has 0 aliphatic carbocycles. The molecule has 1 saturated heterocycles. The van der Waals surface area contributed by atoms with Gasteiger partial charge in [0, 0.05) is 12.2 Å². The number of H-pyrrole nitrogens is 1. The van der Waals surface area contributed by atoms with Gasteiger partial charge >= 0.3 is 0 Å². The lowest BCUT2D eigenvalue weighted by molar-refractivity contribution is 0.162. The Morgan fingerprint density at radius 1 is 1.47 bits per heavy atom. The number of nitrogens with one attached hydrogen (secondary N) is 1. The van der Waals surface area contributed by atoms with Gasteiger partial charge in [-0.2, -0.15) is 0 Å². The summed E-state index contributed by atoms with van der Waals surface area (Å²) < 4.78 is 0. The zero-order chi connectivity index (χ0) is 13.2. The number of aromatic amines is 1. The molecule has 3 rings (SSSR count). The second kappa shape index (κ2) is 5.21. The quantitative estimate of drug-likeness (QED) is 0.832. The maximum Gasteiger partial charge on any atom is 0.121 e. The number of imidazole rings is 1. The zero-order valence-corrected chi connectivity index (χ0v) is 11.5. The topological polar surface area (TPSA) is 57.9 Å². The van der Waals surface area contributed by atoms with Gasteiger partial charge in [0.15, 0.2) is 0 Å². The van der Waals surface area contributed by atoms with Crippen molar-refractivity contribution in [3.63, 3.8) is 0 Å². The van der Waals surface area contributed by atoms with Gasteiger partial charge in [-0.25, -0.2) is 4.98 Å². The highest BCUT2D eigenvalue weighted by Gasteiger charge is 2.19. The van der Waals surface area contributed by atoms with Crippen LogP contribution < -0.4 is 5.73 Å². The van der Waals surface area contributed by atoms with Gasteiger partial charge in [0.1, 0.15) is 5.82 Å². The molecule has 1 unspecified atom stereocenters. The molecule has 1 aliphatic rings. The van der Waals surface area contributed by atoms with E-state index in [4.69, 9.17) is 5.73 Å². The minimum atomic E-state index is 0.784. The number of anilines is 1. The largest absolute Gasteiger partial charge is 0.399 e. The fraction of sp³-hybridized carbons (Fsp3) is 0.533. The lowest BCUT2D eigenvalue weighted by Crippen LogP contribution is -2.34. The summed E-state index contributed by atoms with van der Waals surface area (Å²) >= 11 is 0. The van der Waals surface area contributed by atoms with Crippen LogP contribution >= 0.6 is 0 Å². The molecule has 3 N–H and O–H groups in total. The number of piperidine rings is 1. The van der Waals surface area contributed by atoms with Crippen molar-refractivity contribution < 1.29 is 0 Å². The molecule has 102 valence electrons. The summed E-state index contributed by atoms with van der Waals surface area (Å²) in [5, 5.41) is 0. The fourth-order valence-electron chi connectivity index (χ4n) is 2.99. The van der Waals surface area contributed by atoms with Crippen molar-refractivity contribution >= 4 is 16.7 Å². The predicted molar refractivity (Wildman–Crippen MR) is 78.8 cm³/mol. The third kappa shape index (κ3) is 2.73. The third-order valence-electron chi connectivity index (χ3n) is 4.11. The average Bonchev–Trinajstić information content (AvgIpc) is 2.80. The van der Waals surface area contributed by atoms with Crippen molar-refractivity contribution in [2.75, 3.05) is 18.8 Å². The molecule has 2 aromatic rings. The first-order chi connectivity index (χ1) is 9.24. The number of nitrogen functional groups attached to an aromatic ring is 1. The Morgan fingerprint density at radius 2 is 2.37 bits per heavy atom. The van der Waals surface area contributed by atoms with E-state index in [1.54, 1.807) is 0 Å². The Kier molecular flexibility index (Phi) is 3.42. The number of hydrogen-bond donors (Lipinski definition) is 2. The maximum absolute atomic E-state index is 5.80. The summed E-state index contributed by atoms with van der Waals surface area (Å²) in [5.74, 6) is 1.91. The van der Waals surface area contributed by atoms with E-state index < -0.39 is 0 Å². The molecule has 1 aliphatic heterocycles. The highest BCUT2D eigenvalue weighted by Crippen LogP contribution is 2.21. The second-order valence-corrected chi connectivity index (χ2v) is 5.61. The first-order valence-corrected chi connectivity index (χ1v) is 7.21. The van der Waals surface area contributed by atoms with Crippen LogP contribution in [0.2, 0.25) is 0 Å². The third-order valence-corrected chi connectivity index (χ3v) is 4.11. The summed E-state index contributed by atoms with van der Waals surface area (Å²) in [6.45, 7) is 5.61. The van der Waals surface area contributed by atoms with Crippen molar-refractivity contribution in [2.24, 2.45) is 5.92 Å². The van der Waals surface area contributed by atoms with Gasteiger partial charge in [0.2, 0.25) is 0 Å². The Hall–Kier alpha value is -1.55. The SMILES string of the molecule is CCC1CCCN(Cc2nc3ccc(N)cc3[nH]2)C1. The van der Waals surface area contributed by atoms with Crippen molar-refractivity contribution in [3.8, 4) is 0 Å². The Bertz CT molecular complexity index is 560. The Morgan fingerprint density at radius 3 is 3.21 bits per heavy atom. The van der Waals surface area contributed by atoms with E-state index in [-0.39, 0.29) is 0 Å². The van der Waals surface area contributed by atoms with Crippen LogP contribution in [-0.4, -0.2) is 28.0 Å². The molecular weight excluding hydrogens is 236 g/mol. The number of likely N-dealkylation sites (tertiary alicyclic amines) is 1. The van der Waals surface area contributed by atoms with E-state index in [0.717, 1.165) is 35.0 Å². The highest BCUT2D eigenvalue weighted by atomic mass is 15.2. The number of nitrogens with zero attached hydrogens (tertiary/aromatic N) is 2. The van der Waals surface area contributed by atoms with Crippen LogP contribution in [0, 0.1) is 5.92 Å². The standard InChI is InChI=1S/C15H22N4/c1-2-11-4-3-7-19(9-11)10-15-17-13-6-5-12(16)8-14(13)18-15/h5-6,8,11H,2-4,7,9-10,16H2,1H3,(H,17,18). The van der Waals surface area contributed by atoms with E-state index in [0.29, 0.717) is 0 Å². The normalized spacial score (nSPS) is 21.0. The van der Waals surface area contributed by atoms with E-state index >= 15 is 0 Å². The lowest BCUT2D eigenvalue weighted by atomic mass is 9.96. The molecule has 1 fully saturated rings. The molecule has 0 amide bonds. The maximum atomic E-state index is 5.80. The molecule has 2 heterocycles. The number of fused-ring (bicyclic) bond motifs is 1. The van der Waals surface area contributed by atoms with Gasteiger partial charge in [-0.1, -0.05) is 13.3 Å². The minimum absolute atomic E-state index is 0.784. The molecule has 19 heavy (non-hydrogen) atoms. The van der Waals surface area contributed by atoms with E-state index in [9.17, 15) is 0 Å². The average molecular weight is 258 g/mol. The van der Waals surface area contributed by atoms with E-state index in [2.05, 4.69) is 21.8 Å². The summed E-state index contributed by atoms with van der Waals surface area (Å²) in [5.41, 5.74) is 8.63. The minimum Gasteiger partial charge on any atom is -0.399 e. The monoisotopic (exact) mass is 258 g/mol. The summed E-state index contributed by atoms with van der Waals surface area (Å²) in [7, 11) is 0. The molecule has 4 nitrogen and oxygen atoms in total. The van der Waals surface area contributed by atoms with Crippen molar-refractivity contribution in [2.45, 2.75) is 32.7 Å². The van der Waals surface area contributed by atoms with Crippen LogP contribution in [0.3, 0.4) is 0 Å². The summed E-state index contributed by atoms with van der Waals surface area (Å²) in [4.78, 5) is 10.5. The van der Waals surface area contributed by atoms with Crippen LogP contribution in [0.5, 0.6) is 0 Å². The van der Waals surface area contributed by atoms with E-state index in [1.165, 1.54) is 32.4 Å². The van der Waals surface area contributed by atoms with Crippen LogP contribution in [0.4, 0.5) is 5.69 Å². The number of rotatable bonds is 3. The van der Waals surface area contributed by atoms with Crippen LogP contribution in [0.25, 0.3) is 11.0 Å². The highest BCUT2D eigenvalue weighted by molar-refractivity contribution is 5.78. The Balaban J connectivity index is 1.74. The smallest absolute Gasteiger partial charge is 0.121 e. The van der Waals surface area contributed by atoms with Crippen molar-refractivity contribution in [1.82, 2.24) is 14.9 Å². The lowest BCUT2D eigenvalue weighted by Gasteiger charge is -2.31. The molecule has 1 atom stereocenters. The second-order valence-electron chi connectivity index (χ2n) is 5.61. The molecule has 0 saturated carbocycles. The molecule has 1 aromatic carbocycles. The van der Waals surface area contributed by atoms with Crippen LogP contribution in [0.15, 0.2) is 18.2 Å². The van der Waals surface area contributed by atoms with Crippen molar-refractivity contribution in [3.05, 3.63) is 24.0 Å². The first-order valence-electron chi connectivity index (χ1n) is 7.21. The van der Waals surface area contributed by atoms with Crippen molar-refractivity contribution in [1.29, 1.82) is 0 Å². The van der Waals surface area contributed by atoms with Gasteiger partial charge in [-0.3, -0.25) is 4.90 Å². The molecular formula is C15H22N4. The molecule has 0 spiro atoms. The zero-order valence-electron chi connectivity index (χ0n) is 11.5. The first kappa shape index (κ1) is 12.5. The number of benzene rings is 1. The fourth-order valence-corrected chi connectivity index (χ4v) is 2.99. The molecule has 0 bridgehead atoms. The molecule has 0 radical (unpaired) electrons. The van der Waals surface area contributed by atoms with Gasteiger partial charge in [-0.05, 0) is 43.5 Å². The Labute approximate surface area is 114 Å². The van der Waals surface area contributed by atoms with Gasteiger partial charge in [0.05, 0.1) is 17.6 Å². The molecule has 1 aromatic heterocycles. The summed E-state index contributed by atoms with van der Waals surface area (Å²) in [6, 6.07) is 5.84. The van der Waals surface area contributed by atoms with Gasteiger partial charge < -0.3 is 10.7 Å². The molecule has 4 heteroatoms. The number of nitrogens with two attached hydrogens (primary N) is 1. The van der Waals surface area contributed by atoms with Gasteiger partial charge in [-0.15, -0.1) is 0 Å². The predicted octanol–water partition coefficient (Wildman–Crippen LogP) is 2.77. The summed E-state index contributed by atoms with van der Waals surface area (Å²) in [6.07, 6.45) is 3.97. The van der Waals surface area contributed by atoms with Crippen LogP contribution in [0.1, 0.15) is 32.0 Å².